The lowest BCUT2D eigenvalue weighted by Crippen LogP contribution is -2.33. The summed E-state index contributed by atoms with van der Waals surface area (Å²) < 4.78 is 0. The molecule has 2 heterocycles. The standard InChI is InChI=1S/C10H14N2S2/c1-2-14-10-4-3-8(5-11-10)12-9-6-13-7-9/h3-5,9,12H,2,6-7H2,1H3. The fourth-order valence-corrected chi connectivity index (χ4v) is 2.48. The van der Waals surface area contributed by atoms with Crippen LogP contribution < -0.4 is 5.32 Å². The van der Waals surface area contributed by atoms with Crippen LogP contribution >= 0.6 is 23.5 Å². The molecule has 0 amide bonds. The van der Waals surface area contributed by atoms with Crippen LogP contribution in [0.3, 0.4) is 0 Å². The van der Waals surface area contributed by atoms with E-state index < -0.39 is 0 Å². The predicted molar refractivity (Wildman–Crippen MR) is 65.4 cm³/mol. The Labute approximate surface area is 93.3 Å². The van der Waals surface area contributed by atoms with Gasteiger partial charge in [-0.05, 0) is 17.9 Å². The van der Waals surface area contributed by atoms with E-state index in [9.17, 15) is 0 Å². The molecule has 14 heavy (non-hydrogen) atoms. The van der Waals surface area contributed by atoms with Crippen LogP contribution in [0.25, 0.3) is 0 Å². The molecule has 4 heteroatoms. The smallest absolute Gasteiger partial charge is 0.0961 e. The van der Waals surface area contributed by atoms with Crippen LogP contribution in [0.1, 0.15) is 6.92 Å². The van der Waals surface area contributed by atoms with Crippen LogP contribution in [0.5, 0.6) is 0 Å². The van der Waals surface area contributed by atoms with E-state index in [1.165, 1.54) is 11.5 Å². The number of pyridine rings is 1. The zero-order valence-electron chi connectivity index (χ0n) is 8.19. The molecule has 1 aromatic heterocycles. The molecule has 2 nitrogen and oxygen atoms in total. The summed E-state index contributed by atoms with van der Waals surface area (Å²) in [5, 5.41) is 4.57. The Morgan fingerprint density at radius 3 is 2.93 bits per heavy atom. The third-order valence-corrected chi connectivity index (χ3v) is 4.14. The van der Waals surface area contributed by atoms with Crippen molar-refractivity contribution in [3.63, 3.8) is 0 Å². The van der Waals surface area contributed by atoms with Gasteiger partial charge in [-0.3, -0.25) is 0 Å². The number of anilines is 1. The van der Waals surface area contributed by atoms with E-state index in [-0.39, 0.29) is 0 Å². The summed E-state index contributed by atoms with van der Waals surface area (Å²) >= 11 is 3.77. The van der Waals surface area contributed by atoms with E-state index in [1.807, 2.05) is 18.0 Å². The van der Waals surface area contributed by atoms with Gasteiger partial charge in [0.1, 0.15) is 0 Å². The maximum absolute atomic E-state index is 4.37. The van der Waals surface area contributed by atoms with Gasteiger partial charge in [-0.1, -0.05) is 6.92 Å². The molecule has 1 aliphatic heterocycles. The van der Waals surface area contributed by atoms with E-state index in [0.717, 1.165) is 16.5 Å². The topological polar surface area (TPSA) is 24.9 Å². The molecule has 0 atom stereocenters. The van der Waals surface area contributed by atoms with Crippen molar-refractivity contribution in [3.8, 4) is 0 Å². The predicted octanol–water partition coefficient (Wildman–Crippen LogP) is 2.72. The molecule has 0 saturated carbocycles. The van der Waals surface area contributed by atoms with Crippen LogP contribution in [0, 0.1) is 0 Å². The number of hydrogen-bond acceptors (Lipinski definition) is 4. The molecule has 1 aliphatic rings. The number of rotatable bonds is 4. The molecule has 0 spiro atoms. The van der Waals surface area contributed by atoms with Gasteiger partial charge in [-0.25, -0.2) is 4.98 Å². The number of aromatic nitrogens is 1. The minimum atomic E-state index is 0.659. The van der Waals surface area contributed by atoms with Gasteiger partial charge in [-0.2, -0.15) is 11.8 Å². The van der Waals surface area contributed by atoms with Crippen LogP contribution in [-0.4, -0.2) is 28.3 Å². The summed E-state index contributed by atoms with van der Waals surface area (Å²) in [6, 6.07) is 4.86. The maximum Gasteiger partial charge on any atom is 0.0961 e. The Hall–Kier alpha value is -0.350. The first-order valence-corrected chi connectivity index (χ1v) is 6.95. The lowest BCUT2D eigenvalue weighted by molar-refractivity contribution is 0.879. The Morgan fingerprint density at radius 2 is 2.43 bits per heavy atom. The molecule has 0 aliphatic carbocycles. The van der Waals surface area contributed by atoms with Gasteiger partial charge < -0.3 is 5.32 Å². The lowest BCUT2D eigenvalue weighted by atomic mass is 10.3. The minimum absolute atomic E-state index is 0.659. The number of thioether (sulfide) groups is 2. The van der Waals surface area contributed by atoms with Crippen molar-refractivity contribution in [2.24, 2.45) is 0 Å². The van der Waals surface area contributed by atoms with Crippen molar-refractivity contribution >= 4 is 29.2 Å². The number of nitrogens with one attached hydrogen (secondary N) is 1. The van der Waals surface area contributed by atoms with Crippen molar-refractivity contribution in [2.45, 2.75) is 18.0 Å². The molecule has 1 fully saturated rings. The highest BCUT2D eigenvalue weighted by Gasteiger charge is 2.17. The molecule has 1 N–H and O–H groups in total. The molecule has 2 rings (SSSR count). The van der Waals surface area contributed by atoms with Crippen molar-refractivity contribution in [3.05, 3.63) is 18.3 Å². The summed E-state index contributed by atoms with van der Waals surface area (Å²) in [6.45, 7) is 2.14. The van der Waals surface area contributed by atoms with Gasteiger partial charge in [0, 0.05) is 17.5 Å². The Balaban J connectivity index is 1.91. The highest BCUT2D eigenvalue weighted by molar-refractivity contribution is 8.00. The molecule has 0 bridgehead atoms. The summed E-state index contributed by atoms with van der Waals surface area (Å²) in [5.74, 6) is 3.54. The highest BCUT2D eigenvalue weighted by atomic mass is 32.2. The molecule has 1 aromatic rings. The van der Waals surface area contributed by atoms with Crippen LogP contribution in [0.15, 0.2) is 23.4 Å². The van der Waals surface area contributed by atoms with Gasteiger partial charge in [0.15, 0.2) is 0 Å². The average Bonchev–Trinajstić information content (AvgIpc) is 2.14. The zero-order valence-corrected chi connectivity index (χ0v) is 9.83. The van der Waals surface area contributed by atoms with Gasteiger partial charge in [0.25, 0.3) is 0 Å². The lowest BCUT2D eigenvalue weighted by Gasteiger charge is -2.26. The van der Waals surface area contributed by atoms with Crippen molar-refractivity contribution < 1.29 is 0 Å². The summed E-state index contributed by atoms with van der Waals surface area (Å²) in [4.78, 5) is 4.37. The Morgan fingerprint density at radius 1 is 1.57 bits per heavy atom. The molecule has 76 valence electrons. The monoisotopic (exact) mass is 226 g/mol. The third kappa shape index (κ3) is 2.58. The quantitative estimate of drug-likeness (QED) is 0.798. The molecular formula is C10H14N2S2. The van der Waals surface area contributed by atoms with Gasteiger partial charge in [0.05, 0.1) is 16.9 Å². The zero-order chi connectivity index (χ0) is 9.80. The number of hydrogen-bond donors (Lipinski definition) is 1. The van der Waals surface area contributed by atoms with Crippen molar-refractivity contribution in [1.82, 2.24) is 4.98 Å². The minimum Gasteiger partial charge on any atom is -0.379 e. The van der Waals surface area contributed by atoms with Gasteiger partial charge >= 0.3 is 0 Å². The summed E-state index contributed by atoms with van der Waals surface area (Å²) in [5.41, 5.74) is 1.15. The fourth-order valence-electron chi connectivity index (χ4n) is 1.25. The van der Waals surface area contributed by atoms with Crippen LogP contribution in [-0.2, 0) is 0 Å². The largest absolute Gasteiger partial charge is 0.379 e. The fraction of sp³-hybridized carbons (Fsp3) is 0.500. The molecular weight excluding hydrogens is 212 g/mol. The highest BCUT2D eigenvalue weighted by Crippen LogP contribution is 2.22. The Kier molecular flexibility index (Phi) is 3.59. The molecule has 0 aromatic carbocycles. The first kappa shape index (κ1) is 10.2. The summed E-state index contributed by atoms with van der Waals surface area (Å²) in [7, 11) is 0. The van der Waals surface area contributed by atoms with E-state index in [2.05, 4.69) is 29.4 Å². The molecule has 0 unspecified atom stereocenters. The SMILES string of the molecule is CCSc1ccc(NC2CSC2)cn1. The second-order valence-electron chi connectivity index (χ2n) is 3.20. The molecule has 0 radical (unpaired) electrons. The molecule has 1 saturated heterocycles. The maximum atomic E-state index is 4.37. The Bertz CT molecular complexity index is 283. The van der Waals surface area contributed by atoms with E-state index in [0.29, 0.717) is 6.04 Å². The first-order valence-electron chi connectivity index (χ1n) is 4.81. The van der Waals surface area contributed by atoms with Gasteiger partial charge in [-0.15, -0.1) is 11.8 Å². The van der Waals surface area contributed by atoms with E-state index >= 15 is 0 Å². The number of nitrogens with zero attached hydrogens (tertiary/aromatic N) is 1. The van der Waals surface area contributed by atoms with Crippen molar-refractivity contribution in [2.75, 3.05) is 22.6 Å². The second-order valence-corrected chi connectivity index (χ2v) is 5.56. The normalized spacial score (nSPS) is 16.4. The van der Waals surface area contributed by atoms with E-state index in [4.69, 9.17) is 0 Å². The second kappa shape index (κ2) is 4.94. The van der Waals surface area contributed by atoms with Gasteiger partial charge in [0.2, 0.25) is 0 Å². The van der Waals surface area contributed by atoms with Crippen molar-refractivity contribution in [1.29, 1.82) is 0 Å². The first-order chi connectivity index (χ1) is 6.88. The average molecular weight is 226 g/mol. The van der Waals surface area contributed by atoms with Crippen LogP contribution in [0.4, 0.5) is 5.69 Å². The van der Waals surface area contributed by atoms with E-state index in [1.54, 1.807) is 11.8 Å². The third-order valence-electron chi connectivity index (χ3n) is 2.04. The summed E-state index contributed by atoms with van der Waals surface area (Å²) in [6.07, 6.45) is 1.93. The van der Waals surface area contributed by atoms with Crippen LogP contribution in [0.2, 0.25) is 0 Å².